The fraction of sp³-hybridized carbons (Fsp3) is 0.474. The standard InChI is InChI=1S/C19H28N4S/c1-14-9-7-8-10-17(14)19(3,4)13-21-18(20-5)23(6)11-16-12-24-15(2)22-16/h7-10,12H,11,13H2,1-6H3,(H,20,21). The van der Waals surface area contributed by atoms with E-state index in [1.54, 1.807) is 11.3 Å². The van der Waals surface area contributed by atoms with Crippen LogP contribution in [0.1, 0.15) is 35.7 Å². The maximum absolute atomic E-state index is 4.53. The van der Waals surface area contributed by atoms with Crippen LogP contribution >= 0.6 is 11.3 Å². The molecule has 5 heteroatoms. The van der Waals surface area contributed by atoms with Gasteiger partial charge in [-0.25, -0.2) is 4.98 Å². The molecule has 1 N–H and O–H groups in total. The Kier molecular flexibility index (Phi) is 5.99. The van der Waals surface area contributed by atoms with E-state index in [2.05, 4.69) is 70.6 Å². The molecule has 1 aromatic heterocycles. The van der Waals surface area contributed by atoms with Gasteiger partial charge < -0.3 is 10.2 Å². The molecule has 0 spiro atoms. The number of aromatic nitrogens is 1. The van der Waals surface area contributed by atoms with Crippen LogP contribution in [-0.2, 0) is 12.0 Å². The SMILES string of the molecule is CN=C(NCC(C)(C)c1ccccc1C)N(C)Cc1csc(C)n1. The summed E-state index contributed by atoms with van der Waals surface area (Å²) in [7, 11) is 3.87. The Balaban J connectivity index is 2.01. The van der Waals surface area contributed by atoms with Crippen LogP contribution in [-0.4, -0.2) is 36.5 Å². The van der Waals surface area contributed by atoms with E-state index < -0.39 is 0 Å². The number of aryl methyl sites for hydroxylation is 2. The first kappa shape index (κ1) is 18.5. The maximum Gasteiger partial charge on any atom is 0.193 e. The molecule has 0 aliphatic rings. The molecule has 0 fully saturated rings. The predicted molar refractivity (Wildman–Crippen MR) is 104 cm³/mol. The Bertz CT molecular complexity index is 703. The minimum Gasteiger partial charge on any atom is -0.355 e. The molecule has 0 bridgehead atoms. The van der Waals surface area contributed by atoms with Crippen LogP contribution in [0.3, 0.4) is 0 Å². The van der Waals surface area contributed by atoms with Gasteiger partial charge in [-0.15, -0.1) is 11.3 Å². The second kappa shape index (κ2) is 7.79. The van der Waals surface area contributed by atoms with Crippen molar-refractivity contribution in [2.75, 3.05) is 20.6 Å². The average molecular weight is 345 g/mol. The summed E-state index contributed by atoms with van der Waals surface area (Å²) in [5.74, 6) is 0.891. The molecule has 0 atom stereocenters. The summed E-state index contributed by atoms with van der Waals surface area (Å²) in [4.78, 5) is 11.1. The van der Waals surface area contributed by atoms with Gasteiger partial charge in [0.2, 0.25) is 0 Å². The van der Waals surface area contributed by atoms with Gasteiger partial charge in [-0.3, -0.25) is 4.99 Å². The van der Waals surface area contributed by atoms with Crippen molar-refractivity contribution >= 4 is 17.3 Å². The topological polar surface area (TPSA) is 40.5 Å². The molecule has 1 aromatic carbocycles. The zero-order valence-corrected chi connectivity index (χ0v) is 16.4. The highest BCUT2D eigenvalue weighted by Gasteiger charge is 2.23. The summed E-state index contributed by atoms with van der Waals surface area (Å²) in [5, 5.41) is 6.72. The van der Waals surface area contributed by atoms with Crippen LogP contribution in [0.25, 0.3) is 0 Å². The minimum absolute atomic E-state index is 0.0271. The minimum atomic E-state index is 0.0271. The number of hydrogen-bond donors (Lipinski definition) is 1. The molecule has 2 aromatic rings. The monoisotopic (exact) mass is 344 g/mol. The van der Waals surface area contributed by atoms with E-state index in [-0.39, 0.29) is 5.41 Å². The van der Waals surface area contributed by atoms with Gasteiger partial charge in [0.05, 0.1) is 17.2 Å². The van der Waals surface area contributed by atoms with Gasteiger partial charge in [0.1, 0.15) is 0 Å². The molecule has 0 saturated carbocycles. The second-order valence-corrected chi connectivity index (χ2v) is 7.88. The van der Waals surface area contributed by atoms with Crippen molar-refractivity contribution in [3.05, 3.63) is 51.5 Å². The van der Waals surface area contributed by atoms with E-state index >= 15 is 0 Å². The second-order valence-electron chi connectivity index (χ2n) is 6.81. The molecule has 0 unspecified atom stereocenters. The van der Waals surface area contributed by atoms with Crippen LogP contribution in [0.2, 0.25) is 0 Å². The number of thiazole rings is 1. The summed E-state index contributed by atoms with van der Waals surface area (Å²) >= 11 is 1.68. The molecule has 24 heavy (non-hydrogen) atoms. The Morgan fingerprint density at radius 2 is 2.00 bits per heavy atom. The maximum atomic E-state index is 4.53. The van der Waals surface area contributed by atoms with Crippen LogP contribution in [0.4, 0.5) is 0 Å². The van der Waals surface area contributed by atoms with Crippen molar-refractivity contribution in [3.8, 4) is 0 Å². The predicted octanol–water partition coefficient (Wildman–Crippen LogP) is 3.74. The molecule has 130 valence electrons. The van der Waals surface area contributed by atoms with E-state index in [0.717, 1.165) is 29.8 Å². The molecule has 0 radical (unpaired) electrons. The van der Waals surface area contributed by atoms with Crippen molar-refractivity contribution < 1.29 is 0 Å². The molecule has 2 rings (SSSR count). The molecule has 0 amide bonds. The average Bonchev–Trinajstić information content (AvgIpc) is 2.93. The van der Waals surface area contributed by atoms with Gasteiger partial charge in [-0.2, -0.15) is 0 Å². The molecule has 0 saturated heterocycles. The molecule has 0 aliphatic carbocycles. The summed E-state index contributed by atoms with van der Waals surface area (Å²) in [6.45, 7) is 10.3. The van der Waals surface area contributed by atoms with E-state index in [1.165, 1.54) is 11.1 Å². The largest absolute Gasteiger partial charge is 0.355 e. The van der Waals surface area contributed by atoms with Crippen LogP contribution < -0.4 is 5.32 Å². The fourth-order valence-electron chi connectivity index (χ4n) is 2.91. The van der Waals surface area contributed by atoms with Gasteiger partial charge >= 0.3 is 0 Å². The third kappa shape index (κ3) is 4.57. The van der Waals surface area contributed by atoms with Crippen LogP contribution in [0.5, 0.6) is 0 Å². The first-order valence-electron chi connectivity index (χ1n) is 8.22. The number of nitrogens with zero attached hydrogens (tertiary/aromatic N) is 3. The highest BCUT2D eigenvalue weighted by molar-refractivity contribution is 7.09. The van der Waals surface area contributed by atoms with Crippen molar-refractivity contribution in [3.63, 3.8) is 0 Å². The smallest absolute Gasteiger partial charge is 0.193 e. The summed E-state index contributed by atoms with van der Waals surface area (Å²) in [6, 6.07) is 8.57. The van der Waals surface area contributed by atoms with E-state index in [9.17, 15) is 0 Å². The van der Waals surface area contributed by atoms with Crippen molar-refractivity contribution in [1.82, 2.24) is 15.2 Å². The van der Waals surface area contributed by atoms with Gasteiger partial charge in [-0.1, -0.05) is 38.1 Å². The Labute approximate surface area is 149 Å². The first-order chi connectivity index (χ1) is 11.3. The summed E-state index contributed by atoms with van der Waals surface area (Å²) in [5.41, 5.74) is 3.80. The number of aliphatic imine (C=N–C) groups is 1. The molecule has 1 heterocycles. The summed E-state index contributed by atoms with van der Waals surface area (Å²) < 4.78 is 0. The molecular weight excluding hydrogens is 316 g/mol. The molecule has 0 aliphatic heterocycles. The number of hydrogen-bond acceptors (Lipinski definition) is 3. The number of rotatable bonds is 5. The highest BCUT2D eigenvalue weighted by Crippen LogP contribution is 2.25. The first-order valence-corrected chi connectivity index (χ1v) is 9.10. The highest BCUT2D eigenvalue weighted by atomic mass is 32.1. The molecular formula is C19H28N4S. The Hall–Kier alpha value is -1.88. The van der Waals surface area contributed by atoms with Gasteiger partial charge in [0, 0.05) is 31.4 Å². The lowest BCUT2D eigenvalue weighted by atomic mass is 9.82. The van der Waals surface area contributed by atoms with Crippen molar-refractivity contribution in [1.29, 1.82) is 0 Å². The van der Waals surface area contributed by atoms with Crippen LogP contribution in [0.15, 0.2) is 34.6 Å². The molecule has 4 nitrogen and oxygen atoms in total. The third-order valence-electron chi connectivity index (χ3n) is 4.20. The number of guanidine groups is 1. The number of nitrogens with one attached hydrogen (secondary N) is 1. The lowest BCUT2D eigenvalue weighted by Crippen LogP contribution is -2.44. The van der Waals surface area contributed by atoms with E-state index in [0.29, 0.717) is 0 Å². The lowest BCUT2D eigenvalue weighted by Gasteiger charge is -2.30. The van der Waals surface area contributed by atoms with E-state index in [4.69, 9.17) is 0 Å². The zero-order chi connectivity index (χ0) is 17.7. The Morgan fingerprint density at radius 1 is 1.29 bits per heavy atom. The lowest BCUT2D eigenvalue weighted by molar-refractivity contribution is 0.444. The van der Waals surface area contributed by atoms with Gasteiger partial charge in [0.15, 0.2) is 5.96 Å². The van der Waals surface area contributed by atoms with Crippen LogP contribution in [0, 0.1) is 13.8 Å². The number of benzene rings is 1. The van der Waals surface area contributed by atoms with Gasteiger partial charge in [0.25, 0.3) is 0 Å². The van der Waals surface area contributed by atoms with Crippen molar-refractivity contribution in [2.24, 2.45) is 4.99 Å². The summed E-state index contributed by atoms with van der Waals surface area (Å²) in [6.07, 6.45) is 0. The quantitative estimate of drug-likeness (QED) is 0.663. The normalized spacial score (nSPS) is 12.3. The zero-order valence-electron chi connectivity index (χ0n) is 15.6. The van der Waals surface area contributed by atoms with Gasteiger partial charge in [-0.05, 0) is 25.0 Å². The van der Waals surface area contributed by atoms with E-state index in [1.807, 2.05) is 21.0 Å². The fourth-order valence-corrected chi connectivity index (χ4v) is 3.51. The Morgan fingerprint density at radius 3 is 2.58 bits per heavy atom. The van der Waals surface area contributed by atoms with Crippen molar-refractivity contribution in [2.45, 2.75) is 39.7 Å². The third-order valence-corrected chi connectivity index (χ3v) is 5.02.